The molecular weight excluding hydrogens is 224 g/mol. The molecule has 2 aromatic rings. The number of halogens is 1. The van der Waals surface area contributed by atoms with Crippen LogP contribution >= 0.6 is 11.6 Å². The van der Waals surface area contributed by atoms with Gasteiger partial charge in [0, 0.05) is 18.6 Å². The SMILES string of the molecule is CN(Cc1ccccc1Cl)c1cn[nH]c1N. The molecule has 16 heavy (non-hydrogen) atoms. The molecular formula is C11H13ClN4. The normalized spacial score (nSPS) is 10.4. The van der Waals surface area contributed by atoms with Crippen molar-refractivity contribution in [1.29, 1.82) is 0 Å². The average Bonchev–Trinajstić information content (AvgIpc) is 2.68. The van der Waals surface area contributed by atoms with E-state index in [9.17, 15) is 0 Å². The van der Waals surface area contributed by atoms with E-state index in [1.54, 1.807) is 6.20 Å². The Bertz CT molecular complexity index is 480. The molecule has 0 saturated heterocycles. The molecule has 84 valence electrons. The molecule has 0 unspecified atom stereocenters. The number of nitrogens with zero attached hydrogens (tertiary/aromatic N) is 2. The standard InChI is InChI=1S/C11H13ClN4/c1-16(10-6-14-15-11(10)13)7-8-4-2-3-5-9(8)12/h2-6H,7H2,1H3,(H3,13,14,15). The minimum absolute atomic E-state index is 0.564. The van der Waals surface area contributed by atoms with Crippen LogP contribution in [0.3, 0.4) is 0 Å². The molecule has 0 aliphatic carbocycles. The zero-order valence-corrected chi connectivity index (χ0v) is 9.70. The number of anilines is 2. The predicted molar refractivity (Wildman–Crippen MR) is 66.6 cm³/mol. The number of nitrogens with one attached hydrogen (secondary N) is 1. The Morgan fingerprint density at radius 2 is 2.19 bits per heavy atom. The molecule has 2 rings (SSSR count). The average molecular weight is 237 g/mol. The number of rotatable bonds is 3. The van der Waals surface area contributed by atoms with Gasteiger partial charge in [0.25, 0.3) is 0 Å². The molecule has 3 N–H and O–H groups in total. The van der Waals surface area contributed by atoms with Crippen molar-refractivity contribution >= 4 is 23.1 Å². The Balaban J connectivity index is 2.17. The molecule has 0 saturated carbocycles. The van der Waals surface area contributed by atoms with Crippen LogP contribution in [0.15, 0.2) is 30.5 Å². The van der Waals surface area contributed by atoms with Gasteiger partial charge in [0.1, 0.15) is 5.82 Å². The zero-order chi connectivity index (χ0) is 11.5. The van der Waals surface area contributed by atoms with Crippen LogP contribution < -0.4 is 10.6 Å². The summed E-state index contributed by atoms with van der Waals surface area (Å²) in [5.74, 6) is 0.564. The van der Waals surface area contributed by atoms with E-state index in [-0.39, 0.29) is 0 Å². The fraction of sp³-hybridized carbons (Fsp3) is 0.182. The maximum atomic E-state index is 6.09. The molecule has 0 aliphatic rings. The lowest BCUT2D eigenvalue weighted by Crippen LogP contribution is -2.17. The lowest BCUT2D eigenvalue weighted by molar-refractivity contribution is 0.925. The molecule has 1 aromatic carbocycles. The van der Waals surface area contributed by atoms with Gasteiger partial charge in [-0.1, -0.05) is 29.8 Å². The number of H-pyrrole nitrogens is 1. The first-order chi connectivity index (χ1) is 7.68. The third-order valence-electron chi connectivity index (χ3n) is 2.42. The molecule has 0 aliphatic heterocycles. The highest BCUT2D eigenvalue weighted by Gasteiger charge is 2.09. The van der Waals surface area contributed by atoms with Crippen molar-refractivity contribution in [2.45, 2.75) is 6.54 Å². The number of benzene rings is 1. The van der Waals surface area contributed by atoms with Crippen molar-refractivity contribution in [3.05, 3.63) is 41.0 Å². The lowest BCUT2D eigenvalue weighted by atomic mass is 10.2. The number of hydrogen-bond donors (Lipinski definition) is 2. The van der Waals surface area contributed by atoms with E-state index in [0.29, 0.717) is 12.4 Å². The Morgan fingerprint density at radius 3 is 2.81 bits per heavy atom. The molecule has 0 amide bonds. The molecule has 0 spiro atoms. The summed E-state index contributed by atoms with van der Waals surface area (Å²) in [5.41, 5.74) is 7.68. The summed E-state index contributed by atoms with van der Waals surface area (Å²) >= 11 is 6.09. The maximum Gasteiger partial charge on any atom is 0.142 e. The Morgan fingerprint density at radius 1 is 1.44 bits per heavy atom. The maximum absolute atomic E-state index is 6.09. The van der Waals surface area contributed by atoms with Crippen LogP contribution in [0.25, 0.3) is 0 Å². The van der Waals surface area contributed by atoms with Gasteiger partial charge >= 0.3 is 0 Å². The number of hydrogen-bond acceptors (Lipinski definition) is 3. The second-order valence-electron chi connectivity index (χ2n) is 3.62. The summed E-state index contributed by atoms with van der Waals surface area (Å²) in [6, 6.07) is 7.75. The quantitative estimate of drug-likeness (QED) is 0.860. The second kappa shape index (κ2) is 4.45. The first-order valence-electron chi connectivity index (χ1n) is 4.92. The fourth-order valence-corrected chi connectivity index (χ4v) is 1.76. The summed E-state index contributed by atoms with van der Waals surface area (Å²) in [7, 11) is 1.95. The minimum Gasteiger partial charge on any atom is -0.382 e. The van der Waals surface area contributed by atoms with Crippen LogP contribution in [0.1, 0.15) is 5.56 Å². The summed E-state index contributed by atoms with van der Waals surface area (Å²) in [4.78, 5) is 2.00. The van der Waals surface area contributed by atoms with Crippen molar-refractivity contribution in [1.82, 2.24) is 10.2 Å². The second-order valence-corrected chi connectivity index (χ2v) is 4.02. The van der Waals surface area contributed by atoms with Gasteiger partial charge in [-0.25, -0.2) is 0 Å². The molecule has 0 radical (unpaired) electrons. The van der Waals surface area contributed by atoms with Gasteiger partial charge in [0.2, 0.25) is 0 Å². The molecule has 1 aromatic heterocycles. The van der Waals surface area contributed by atoms with Crippen LogP contribution in [0.4, 0.5) is 11.5 Å². The minimum atomic E-state index is 0.564. The van der Waals surface area contributed by atoms with Crippen LogP contribution in [0.2, 0.25) is 5.02 Å². The summed E-state index contributed by atoms with van der Waals surface area (Å²) in [6.07, 6.45) is 1.70. The smallest absolute Gasteiger partial charge is 0.142 e. The van der Waals surface area contributed by atoms with Crippen molar-refractivity contribution < 1.29 is 0 Å². The first-order valence-corrected chi connectivity index (χ1v) is 5.29. The summed E-state index contributed by atoms with van der Waals surface area (Å²) in [5, 5.41) is 7.35. The van der Waals surface area contributed by atoms with Crippen LogP contribution in [0, 0.1) is 0 Å². The van der Waals surface area contributed by atoms with Gasteiger partial charge in [0.05, 0.1) is 11.9 Å². The third-order valence-corrected chi connectivity index (χ3v) is 2.79. The monoisotopic (exact) mass is 236 g/mol. The number of aromatic nitrogens is 2. The zero-order valence-electron chi connectivity index (χ0n) is 8.94. The van der Waals surface area contributed by atoms with E-state index >= 15 is 0 Å². The topological polar surface area (TPSA) is 57.9 Å². The van der Waals surface area contributed by atoms with Gasteiger partial charge in [0.15, 0.2) is 0 Å². The highest BCUT2D eigenvalue weighted by Crippen LogP contribution is 2.23. The van der Waals surface area contributed by atoms with E-state index in [1.165, 1.54) is 0 Å². The van der Waals surface area contributed by atoms with Gasteiger partial charge in [-0.15, -0.1) is 0 Å². The van der Waals surface area contributed by atoms with E-state index in [2.05, 4.69) is 10.2 Å². The Labute approximate surface area is 99.0 Å². The molecule has 0 fully saturated rings. The van der Waals surface area contributed by atoms with Crippen LogP contribution in [-0.4, -0.2) is 17.2 Å². The third kappa shape index (κ3) is 2.12. The van der Waals surface area contributed by atoms with Crippen molar-refractivity contribution in [3.63, 3.8) is 0 Å². The highest BCUT2D eigenvalue weighted by atomic mass is 35.5. The van der Waals surface area contributed by atoms with Gasteiger partial charge in [-0.3, -0.25) is 5.10 Å². The van der Waals surface area contributed by atoms with Crippen LogP contribution in [0.5, 0.6) is 0 Å². The van der Waals surface area contributed by atoms with Crippen LogP contribution in [-0.2, 0) is 6.54 Å². The Kier molecular flexibility index (Phi) is 3.01. The molecule has 0 bridgehead atoms. The number of aromatic amines is 1. The highest BCUT2D eigenvalue weighted by molar-refractivity contribution is 6.31. The summed E-state index contributed by atoms with van der Waals surface area (Å²) < 4.78 is 0. The van der Waals surface area contributed by atoms with Gasteiger partial charge in [-0.05, 0) is 11.6 Å². The van der Waals surface area contributed by atoms with E-state index in [1.807, 2.05) is 36.2 Å². The fourth-order valence-electron chi connectivity index (χ4n) is 1.56. The van der Waals surface area contributed by atoms with Gasteiger partial charge in [-0.2, -0.15) is 5.10 Å². The van der Waals surface area contributed by atoms with E-state index < -0.39 is 0 Å². The first kappa shape index (κ1) is 10.8. The van der Waals surface area contributed by atoms with E-state index in [4.69, 9.17) is 17.3 Å². The van der Waals surface area contributed by atoms with Crippen molar-refractivity contribution in [2.24, 2.45) is 0 Å². The number of nitrogen functional groups attached to an aromatic ring is 1. The predicted octanol–water partition coefficient (Wildman–Crippen LogP) is 2.28. The van der Waals surface area contributed by atoms with Crippen molar-refractivity contribution in [3.8, 4) is 0 Å². The number of nitrogens with two attached hydrogens (primary N) is 1. The molecule has 0 atom stereocenters. The van der Waals surface area contributed by atoms with Crippen molar-refractivity contribution in [2.75, 3.05) is 17.7 Å². The molecule has 5 heteroatoms. The largest absolute Gasteiger partial charge is 0.382 e. The van der Waals surface area contributed by atoms with E-state index in [0.717, 1.165) is 16.3 Å². The lowest BCUT2D eigenvalue weighted by Gasteiger charge is -2.18. The van der Waals surface area contributed by atoms with Gasteiger partial charge < -0.3 is 10.6 Å². The molecule has 1 heterocycles. The molecule has 4 nitrogen and oxygen atoms in total. The Hall–Kier alpha value is -1.68. The summed E-state index contributed by atoms with van der Waals surface area (Å²) in [6.45, 7) is 0.698.